The highest BCUT2D eigenvalue weighted by Crippen LogP contribution is 2.14. The summed E-state index contributed by atoms with van der Waals surface area (Å²) < 4.78 is 2.11. The number of thiazole rings is 1. The Morgan fingerprint density at radius 2 is 2.22 bits per heavy atom. The van der Waals surface area contributed by atoms with Gasteiger partial charge in [0.1, 0.15) is 0 Å². The average molecular weight is 265 g/mol. The van der Waals surface area contributed by atoms with E-state index in [0.29, 0.717) is 5.92 Å². The highest BCUT2D eigenvalue weighted by molar-refractivity contribution is 7.15. The zero-order valence-corrected chi connectivity index (χ0v) is 12.5. The van der Waals surface area contributed by atoms with Gasteiger partial charge in [-0.3, -0.25) is 4.40 Å². The Kier molecular flexibility index (Phi) is 4.07. The number of rotatable bonds is 5. The Morgan fingerprint density at radius 3 is 2.89 bits per heavy atom. The van der Waals surface area contributed by atoms with Crippen molar-refractivity contribution >= 4 is 16.3 Å². The van der Waals surface area contributed by atoms with Gasteiger partial charge in [-0.15, -0.1) is 11.3 Å². The number of nitrogens with zero attached hydrogens (tertiary/aromatic N) is 2. The van der Waals surface area contributed by atoms with Crippen molar-refractivity contribution in [1.82, 2.24) is 14.7 Å². The second-order valence-corrected chi connectivity index (χ2v) is 6.97. The van der Waals surface area contributed by atoms with Crippen molar-refractivity contribution < 1.29 is 0 Å². The van der Waals surface area contributed by atoms with Crippen molar-refractivity contribution in [3.8, 4) is 0 Å². The number of imidazole rings is 1. The molecule has 0 saturated carbocycles. The molecular formula is C14H23N3S. The smallest absolute Gasteiger partial charge is 0.193 e. The van der Waals surface area contributed by atoms with E-state index in [1.165, 1.54) is 12.1 Å². The van der Waals surface area contributed by atoms with Crippen LogP contribution in [-0.2, 0) is 6.42 Å². The summed E-state index contributed by atoms with van der Waals surface area (Å²) in [5, 5.41) is 5.63. The minimum atomic E-state index is 0.214. The third kappa shape index (κ3) is 3.82. The molecule has 0 aliphatic carbocycles. The Bertz CT molecular complexity index is 464. The number of hydrogen-bond acceptors (Lipinski definition) is 3. The summed E-state index contributed by atoms with van der Waals surface area (Å²) in [5.41, 5.74) is 1.43. The lowest BCUT2D eigenvalue weighted by Gasteiger charge is -2.23. The zero-order valence-electron chi connectivity index (χ0n) is 11.7. The van der Waals surface area contributed by atoms with Crippen LogP contribution in [0, 0.1) is 5.92 Å². The van der Waals surface area contributed by atoms with E-state index in [2.05, 4.69) is 60.2 Å². The number of aromatic nitrogens is 2. The standard InChI is InChI=1S/C14H23N3S/c1-11(9-15-14(2,3)4)5-6-12-10-17-7-8-18-13(17)16-12/h7-8,10-11,15H,5-6,9H2,1-4H3. The lowest BCUT2D eigenvalue weighted by molar-refractivity contribution is 0.372. The lowest BCUT2D eigenvalue weighted by atomic mass is 10.0. The van der Waals surface area contributed by atoms with Crippen molar-refractivity contribution in [2.45, 2.75) is 46.1 Å². The van der Waals surface area contributed by atoms with Gasteiger partial charge in [0.25, 0.3) is 0 Å². The molecule has 0 aliphatic rings. The van der Waals surface area contributed by atoms with E-state index in [1.807, 2.05) is 0 Å². The van der Waals surface area contributed by atoms with E-state index in [-0.39, 0.29) is 5.54 Å². The van der Waals surface area contributed by atoms with Gasteiger partial charge in [-0.2, -0.15) is 0 Å². The molecule has 1 atom stereocenters. The molecule has 100 valence electrons. The van der Waals surface area contributed by atoms with E-state index >= 15 is 0 Å². The third-order valence-corrected chi connectivity index (χ3v) is 3.79. The molecule has 2 aromatic rings. The molecule has 0 radical (unpaired) electrons. The summed E-state index contributed by atoms with van der Waals surface area (Å²) >= 11 is 1.70. The van der Waals surface area contributed by atoms with Gasteiger partial charge in [0, 0.05) is 23.3 Å². The molecule has 0 spiro atoms. The summed E-state index contributed by atoms with van der Waals surface area (Å²) in [4.78, 5) is 5.72. The Hall–Kier alpha value is -0.870. The Balaban J connectivity index is 1.79. The number of nitrogens with one attached hydrogen (secondary N) is 1. The van der Waals surface area contributed by atoms with Gasteiger partial charge in [-0.25, -0.2) is 4.98 Å². The van der Waals surface area contributed by atoms with Gasteiger partial charge in [-0.05, 0) is 46.1 Å². The van der Waals surface area contributed by atoms with Crippen LogP contribution in [0.1, 0.15) is 39.8 Å². The second-order valence-electron chi connectivity index (χ2n) is 6.10. The zero-order chi connectivity index (χ0) is 13.2. The third-order valence-electron chi connectivity index (χ3n) is 3.02. The molecule has 0 aliphatic heterocycles. The summed E-state index contributed by atoms with van der Waals surface area (Å²) in [6, 6.07) is 0. The predicted molar refractivity (Wildman–Crippen MR) is 78.3 cm³/mol. The summed E-state index contributed by atoms with van der Waals surface area (Å²) in [6.45, 7) is 10.0. The fraction of sp³-hybridized carbons (Fsp3) is 0.643. The highest BCUT2D eigenvalue weighted by atomic mass is 32.1. The molecule has 0 fully saturated rings. The van der Waals surface area contributed by atoms with E-state index in [9.17, 15) is 0 Å². The summed E-state index contributed by atoms with van der Waals surface area (Å²) in [6.07, 6.45) is 6.48. The Morgan fingerprint density at radius 1 is 1.44 bits per heavy atom. The van der Waals surface area contributed by atoms with Crippen LogP contribution in [0.4, 0.5) is 0 Å². The minimum Gasteiger partial charge on any atom is -0.312 e. The van der Waals surface area contributed by atoms with Crippen LogP contribution in [0.2, 0.25) is 0 Å². The topological polar surface area (TPSA) is 29.3 Å². The monoisotopic (exact) mass is 265 g/mol. The van der Waals surface area contributed by atoms with Crippen LogP contribution in [0.25, 0.3) is 4.96 Å². The molecule has 2 aromatic heterocycles. The molecule has 0 bridgehead atoms. The largest absolute Gasteiger partial charge is 0.312 e. The molecule has 1 N–H and O–H groups in total. The van der Waals surface area contributed by atoms with Crippen LogP contribution in [0.15, 0.2) is 17.8 Å². The van der Waals surface area contributed by atoms with Gasteiger partial charge >= 0.3 is 0 Å². The maximum Gasteiger partial charge on any atom is 0.193 e. The van der Waals surface area contributed by atoms with Gasteiger partial charge in [0.05, 0.1) is 5.69 Å². The van der Waals surface area contributed by atoms with Crippen LogP contribution in [0.5, 0.6) is 0 Å². The van der Waals surface area contributed by atoms with Crippen LogP contribution < -0.4 is 5.32 Å². The first-order chi connectivity index (χ1) is 8.44. The fourth-order valence-corrected chi connectivity index (χ4v) is 2.59. The molecular weight excluding hydrogens is 242 g/mol. The van der Waals surface area contributed by atoms with Crippen molar-refractivity contribution in [2.24, 2.45) is 5.92 Å². The number of fused-ring (bicyclic) bond motifs is 1. The maximum atomic E-state index is 4.61. The Labute approximate surface area is 113 Å². The average Bonchev–Trinajstić information content (AvgIpc) is 2.82. The van der Waals surface area contributed by atoms with Crippen molar-refractivity contribution in [1.29, 1.82) is 0 Å². The van der Waals surface area contributed by atoms with Crippen molar-refractivity contribution in [3.05, 3.63) is 23.5 Å². The first-order valence-electron chi connectivity index (χ1n) is 6.60. The quantitative estimate of drug-likeness (QED) is 0.898. The van der Waals surface area contributed by atoms with Crippen LogP contribution in [-0.4, -0.2) is 21.5 Å². The van der Waals surface area contributed by atoms with E-state index in [4.69, 9.17) is 0 Å². The van der Waals surface area contributed by atoms with Gasteiger partial charge in [0.2, 0.25) is 0 Å². The van der Waals surface area contributed by atoms with Gasteiger partial charge in [0.15, 0.2) is 4.96 Å². The molecule has 2 rings (SSSR count). The van der Waals surface area contributed by atoms with Gasteiger partial charge in [-0.1, -0.05) is 6.92 Å². The molecule has 18 heavy (non-hydrogen) atoms. The van der Waals surface area contributed by atoms with E-state index in [0.717, 1.165) is 17.9 Å². The molecule has 0 amide bonds. The van der Waals surface area contributed by atoms with Crippen LogP contribution in [0.3, 0.4) is 0 Å². The minimum absolute atomic E-state index is 0.214. The molecule has 2 heterocycles. The SMILES string of the molecule is CC(CCc1cn2ccsc2n1)CNC(C)(C)C. The summed E-state index contributed by atoms with van der Waals surface area (Å²) in [7, 11) is 0. The first kappa shape index (κ1) is 13.6. The maximum absolute atomic E-state index is 4.61. The highest BCUT2D eigenvalue weighted by Gasteiger charge is 2.11. The van der Waals surface area contributed by atoms with E-state index in [1.54, 1.807) is 11.3 Å². The van der Waals surface area contributed by atoms with Crippen LogP contribution >= 0.6 is 11.3 Å². The number of aryl methyl sites for hydroxylation is 1. The first-order valence-corrected chi connectivity index (χ1v) is 7.48. The van der Waals surface area contributed by atoms with E-state index < -0.39 is 0 Å². The van der Waals surface area contributed by atoms with Crippen molar-refractivity contribution in [3.63, 3.8) is 0 Å². The second kappa shape index (κ2) is 5.41. The summed E-state index contributed by atoms with van der Waals surface area (Å²) in [5.74, 6) is 0.684. The predicted octanol–water partition coefficient (Wildman–Crippen LogP) is 3.35. The molecule has 1 unspecified atom stereocenters. The molecule has 4 heteroatoms. The van der Waals surface area contributed by atoms with Crippen molar-refractivity contribution in [2.75, 3.05) is 6.54 Å². The fourth-order valence-electron chi connectivity index (χ4n) is 1.87. The molecule has 0 saturated heterocycles. The number of hydrogen-bond donors (Lipinski definition) is 1. The lowest BCUT2D eigenvalue weighted by Crippen LogP contribution is -2.38. The van der Waals surface area contributed by atoms with Gasteiger partial charge < -0.3 is 5.32 Å². The normalized spacial score (nSPS) is 14.2. The molecule has 3 nitrogen and oxygen atoms in total. The molecule has 0 aromatic carbocycles.